The largest absolute Gasteiger partial charge is 0.481 e. The fraction of sp³-hybridized carbons (Fsp3) is 0.429. The molecule has 0 unspecified atom stereocenters. The SMILES string of the molecule is N[C@@H](CCC(=O)O)C(=O)O.Nc1nncs1. The summed E-state index contributed by atoms with van der Waals surface area (Å²) in [5, 5.41) is 23.7. The second-order valence-corrected chi connectivity index (χ2v) is 3.52. The van der Waals surface area contributed by atoms with E-state index in [1.165, 1.54) is 11.3 Å². The summed E-state index contributed by atoms with van der Waals surface area (Å²) in [4.78, 5) is 19.9. The Labute approximate surface area is 94.9 Å². The number of nitrogens with zero attached hydrogens (tertiary/aromatic N) is 2. The molecular formula is C7H12N4O4S. The van der Waals surface area contributed by atoms with E-state index in [4.69, 9.17) is 21.7 Å². The lowest BCUT2D eigenvalue weighted by Crippen LogP contribution is -2.30. The third-order valence-corrected chi connectivity index (χ3v) is 1.89. The Balaban J connectivity index is 0.000000315. The fourth-order valence-corrected chi connectivity index (χ4v) is 0.881. The Kier molecular flexibility index (Phi) is 6.72. The van der Waals surface area contributed by atoms with E-state index in [2.05, 4.69) is 10.2 Å². The van der Waals surface area contributed by atoms with Crippen LogP contribution in [0.1, 0.15) is 12.8 Å². The van der Waals surface area contributed by atoms with Gasteiger partial charge in [-0.05, 0) is 6.42 Å². The maximum atomic E-state index is 9.99. The molecule has 9 heteroatoms. The Bertz CT molecular complexity index is 329. The molecule has 6 N–H and O–H groups in total. The molecule has 0 saturated carbocycles. The van der Waals surface area contributed by atoms with Crippen LogP contribution in [-0.2, 0) is 9.59 Å². The summed E-state index contributed by atoms with van der Waals surface area (Å²) < 4.78 is 0. The van der Waals surface area contributed by atoms with Gasteiger partial charge in [-0.1, -0.05) is 11.3 Å². The van der Waals surface area contributed by atoms with Gasteiger partial charge in [-0.25, -0.2) is 0 Å². The minimum atomic E-state index is -1.17. The number of carboxylic acids is 2. The quantitative estimate of drug-likeness (QED) is 0.550. The number of aliphatic carboxylic acids is 2. The minimum absolute atomic E-state index is 0.0231. The van der Waals surface area contributed by atoms with Crippen LogP contribution in [0, 0.1) is 0 Å². The highest BCUT2D eigenvalue weighted by Crippen LogP contribution is 1.99. The summed E-state index contributed by atoms with van der Waals surface area (Å²) in [6.07, 6.45) is -0.224. The zero-order valence-electron chi connectivity index (χ0n) is 8.24. The van der Waals surface area contributed by atoms with E-state index in [1.54, 1.807) is 5.51 Å². The number of carboxylic acid groups (broad SMARTS) is 2. The van der Waals surface area contributed by atoms with Crippen LogP contribution < -0.4 is 11.5 Å². The third-order valence-electron chi connectivity index (χ3n) is 1.36. The highest BCUT2D eigenvalue weighted by Gasteiger charge is 2.12. The molecule has 1 rings (SSSR count). The van der Waals surface area contributed by atoms with E-state index in [0.29, 0.717) is 5.13 Å². The monoisotopic (exact) mass is 248 g/mol. The number of anilines is 1. The summed E-state index contributed by atoms with van der Waals surface area (Å²) in [7, 11) is 0. The van der Waals surface area contributed by atoms with Gasteiger partial charge in [0, 0.05) is 6.42 Å². The molecule has 0 aliphatic rings. The normalized spacial score (nSPS) is 11.1. The van der Waals surface area contributed by atoms with Crippen LogP contribution in [0.25, 0.3) is 0 Å². The van der Waals surface area contributed by atoms with E-state index < -0.39 is 18.0 Å². The summed E-state index contributed by atoms with van der Waals surface area (Å²) in [5.41, 5.74) is 11.7. The van der Waals surface area contributed by atoms with E-state index in [-0.39, 0.29) is 12.8 Å². The van der Waals surface area contributed by atoms with Crippen molar-refractivity contribution in [2.24, 2.45) is 5.73 Å². The Morgan fingerprint density at radius 1 is 1.50 bits per heavy atom. The standard InChI is InChI=1S/C5H9NO4.C2H3N3S/c6-3(5(9)10)1-2-4(7)8;3-2-5-4-1-6-2/h3H,1-2,6H2,(H,7,8)(H,9,10);1H,(H2,3,5)/t3-;/m0./s1. The maximum Gasteiger partial charge on any atom is 0.320 e. The number of hydrogen-bond donors (Lipinski definition) is 4. The van der Waals surface area contributed by atoms with Crippen LogP contribution >= 0.6 is 11.3 Å². The number of nitrogens with two attached hydrogens (primary N) is 2. The second-order valence-electron chi connectivity index (χ2n) is 2.65. The van der Waals surface area contributed by atoms with Gasteiger partial charge in [0.2, 0.25) is 5.13 Å². The summed E-state index contributed by atoms with van der Waals surface area (Å²) in [6.45, 7) is 0. The molecule has 0 spiro atoms. The summed E-state index contributed by atoms with van der Waals surface area (Å²) >= 11 is 1.33. The first kappa shape index (κ1) is 14.3. The van der Waals surface area contributed by atoms with Gasteiger partial charge >= 0.3 is 11.9 Å². The molecule has 90 valence electrons. The molecule has 0 aliphatic carbocycles. The molecule has 0 bridgehead atoms. The predicted octanol–water partition coefficient (Wildman–Crippen LogP) is -0.617. The molecule has 0 aromatic carbocycles. The van der Waals surface area contributed by atoms with Crippen molar-refractivity contribution < 1.29 is 19.8 Å². The third kappa shape index (κ3) is 7.64. The first-order valence-electron chi connectivity index (χ1n) is 4.15. The number of aromatic nitrogens is 2. The van der Waals surface area contributed by atoms with Crippen molar-refractivity contribution >= 4 is 28.4 Å². The predicted molar refractivity (Wildman–Crippen MR) is 56.8 cm³/mol. The van der Waals surface area contributed by atoms with Gasteiger partial charge in [-0.15, -0.1) is 10.2 Å². The minimum Gasteiger partial charge on any atom is -0.481 e. The Hall–Kier alpha value is -1.74. The molecule has 1 atom stereocenters. The zero-order chi connectivity index (χ0) is 12.6. The molecule has 16 heavy (non-hydrogen) atoms. The van der Waals surface area contributed by atoms with Crippen molar-refractivity contribution in [3.8, 4) is 0 Å². The Morgan fingerprint density at radius 2 is 2.12 bits per heavy atom. The zero-order valence-corrected chi connectivity index (χ0v) is 9.05. The van der Waals surface area contributed by atoms with Crippen LogP contribution in [0.5, 0.6) is 0 Å². The number of rotatable bonds is 4. The van der Waals surface area contributed by atoms with Gasteiger partial charge in [-0.3, -0.25) is 9.59 Å². The van der Waals surface area contributed by atoms with Crippen molar-refractivity contribution in [3.05, 3.63) is 5.51 Å². The number of nitrogen functional groups attached to an aromatic ring is 1. The molecular weight excluding hydrogens is 236 g/mol. The van der Waals surface area contributed by atoms with E-state index >= 15 is 0 Å². The number of carbonyl (C=O) groups is 2. The molecule has 0 radical (unpaired) electrons. The molecule has 1 aromatic rings. The molecule has 0 amide bonds. The van der Waals surface area contributed by atoms with Crippen molar-refractivity contribution in [1.82, 2.24) is 10.2 Å². The van der Waals surface area contributed by atoms with E-state index in [9.17, 15) is 9.59 Å². The fourth-order valence-electron chi connectivity index (χ4n) is 0.584. The van der Waals surface area contributed by atoms with Crippen LogP contribution in [0.15, 0.2) is 5.51 Å². The average molecular weight is 248 g/mol. The lowest BCUT2D eigenvalue weighted by molar-refractivity contribution is -0.139. The highest BCUT2D eigenvalue weighted by atomic mass is 32.1. The second kappa shape index (κ2) is 7.54. The van der Waals surface area contributed by atoms with Crippen LogP contribution in [0.2, 0.25) is 0 Å². The summed E-state index contributed by atoms with van der Waals surface area (Å²) in [5.74, 6) is -2.20. The molecule has 1 aromatic heterocycles. The lowest BCUT2D eigenvalue weighted by Gasteiger charge is -2.01. The van der Waals surface area contributed by atoms with E-state index in [1.807, 2.05) is 0 Å². The van der Waals surface area contributed by atoms with Gasteiger partial charge in [0.1, 0.15) is 11.6 Å². The van der Waals surface area contributed by atoms with Crippen molar-refractivity contribution in [1.29, 1.82) is 0 Å². The van der Waals surface area contributed by atoms with Crippen molar-refractivity contribution in [2.45, 2.75) is 18.9 Å². The molecule has 0 fully saturated rings. The first-order valence-corrected chi connectivity index (χ1v) is 5.03. The summed E-state index contributed by atoms with van der Waals surface area (Å²) in [6, 6.07) is -1.06. The smallest absolute Gasteiger partial charge is 0.320 e. The van der Waals surface area contributed by atoms with Gasteiger partial charge < -0.3 is 21.7 Å². The Morgan fingerprint density at radius 3 is 2.38 bits per heavy atom. The van der Waals surface area contributed by atoms with E-state index in [0.717, 1.165) is 0 Å². The van der Waals surface area contributed by atoms with Gasteiger partial charge in [-0.2, -0.15) is 0 Å². The molecule has 0 aliphatic heterocycles. The van der Waals surface area contributed by atoms with Gasteiger partial charge in [0.25, 0.3) is 0 Å². The first-order chi connectivity index (χ1) is 7.43. The molecule has 0 saturated heterocycles. The van der Waals surface area contributed by atoms with Gasteiger partial charge in [0.15, 0.2) is 0 Å². The molecule has 8 nitrogen and oxygen atoms in total. The highest BCUT2D eigenvalue weighted by molar-refractivity contribution is 7.13. The van der Waals surface area contributed by atoms with Crippen LogP contribution in [0.4, 0.5) is 5.13 Å². The topological polar surface area (TPSA) is 152 Å². The molecule has 1 heterocycles. The van der Waals surface area contributed by atoms with Crippen molar-refractivity contribution in [2.75, 3.05) is 5.73 Å². The van der Waals surface area contributed by atoms with Crippen LogP contribution in [0.3, 0.4) is 0 Å². The lowest BCUT2D eigenvalue weighted by atomic mass is 10.2. The van der Waals surface area contributed by atoms with Gasteiger partial charge in [0.05, 0.1) is 0 Å². The number of hydrogen-bond acceptors (Lipinski definition) is 7. The maximum absolute atomic E-state index is 9.99. The average Bonchev–Trinajstić information content (AvgIpc) is 2.66. The van der Waals surface area contributed by atoms with Crippen LogP contribution in [-0.4, -0.2) is 38.4 Å². The van der Waals surface area contributed by atoms with Crippen molar-refractivity contribution in [3.63, 3.8) is 0 Å².